The first-order valence-electron chi connectivity index (χ1n) is 8.17. The minimum atomic E-state index is -0.0141. The first-order chi connectivity index (χ1) is 12.3. The molecule has 3 heterocycles. The summed E-state index contributed by atoms with van der Waals surface area (Å²) in [6, 6.07) is 9.70. The summed E-state index contributed by atoms with van der Waals surface area (Å²) in [4.78, 5) is 18.7. The Labute approximate surface area is 143 Å². The molecule has 1 aliphatic rings. The standard InChI is InChI=1S/C16H17N7O2/c24-14(10-23-11-17-20-21-23)22-8-4-7-13(9-22)16-18-15(19-25-16)12-5-2-1-3-6-12/h1-3,5-6,11,13H,4,7-10H2/t13-/m0/s1. The highest BCUT2D eigenvalue weighted by Crippen LogP contribution is 2.27. The van der Waals surface area contributed by atoms with Crippen LogP contribution in [-0.4, -0.2) is 54.2 Å². The Kier molecular flexibility index (Phi) is 4.19. The Morgan fingerprint density at radius 3 is 2.96 bits per heavy atom. The summed E-state index contributed by atoms with van der Waals surface area (Å²) >= 11 is 0. The second-order valence-corrected chi connectivity index (χ2v) is 6.01. The van der Waals surface area contributed by atoms with E-state index in [1.165, 1.54) is 11.0 Å². The third kappa shape index (κ3) is 3.39. The van der Waals surface area contributed by atoms with Crippen LogP contribution in [0.2, 0.25) is 0 Å². The molecule has 1 aromatic carbocycles. The van der Waals surface area contributed by atoms with Gasteiger partial charge in [-0.25, -0.2) is 4.68 Å². The molecule has 9 nitrogen and oxygen atoms in total. The van der Waals surface area contributed by atoms with E-state index in [4.69, 9.17) is 4.52 Å². The van der Waals surface area contributed by atoms with E-state index in [1.54, 1.807) is 0 Å². The summed E-state index contributed by atoms with van der Waals surface area (Å²) in [6.45, 7) is 1.42. The molecule has 1 atom stereocenters. The molecule has 0 aliphatic carbocycles. The SMILES string of the molecule is O=C(Cn1cnnn1)N1CCC[C@H](c2nc(-c3ccccc3)no2)C1. The van der Waals surface area contributed by atoms with Crippen LogP contribution in [0, 0.1) is 0 Å². The van der Waals surface area contributed by atoms with Crippen LogP contribution in [0.4, 0.5) is 0 Å². The molecule has 0 saturated carbocycles. The topological polar surface area (TPSA) is 103 Å². The van der Waals surface area contributed by atoms with Crippen LogP contribution in [0.25, 0.3) is 11.4 Å². The highest BCUT2D eigenvalue weighted by molar-refractivity contribution is 5.76. The number of piperidine rings is 1. The smallest absolute Gasteiger partial charge is 0.244 e. The van der Waals surface area contributed by atoms with Crippen molar-refractivity contribution in [2.45, 2.75) is 25.3 Å². The van der Waals surface area contributed by atoms with E-state index in [0.717, 1.165) is 24.9 Å². The van der Waals surface area contributed by atoms with Gasteiger partial charge in [-0.2, -0.15) is 4.98 Å². The van der Waals surface area contributed by atoms with Gasteiger partial charge in [0.25, 0.3) is 0 Å². The predicted octanol–water partition coefficient (Wildman–Crippen LogP) is 1.13. The number of hydrogen-bond donors (Lipinski definition) is 0. The van der Waals surface area contributed by atoms with Crippen molar-refractivity contribution < 1.29 is 9.32 Å². The highest BCUT2D eigenvalue weighted by atomic mass is 16.5. The maximum atomic E-state index is 12.4. The number of carbonyl (C=O) groups excluding carboxylic acids is 1. The van der Waals surface area contributed by atoms with Gasteiger partial charge in [-0.15, -0.1) is 5.10 Å². The third-order valence-corrected chi connectivity index (χ3v) is 4.29. The largest absolute Gasteiger partial charge is 0.340 e. The Hall–Kier alpha value is -3.10. The molecule has 25 heavy (non-hydrogen) atoms. The number of hydrogen-bond acceptors (Lipinski definition) is 7. The first-order valence-corrected chi connectivity index (χ1v) is 8.17. The van der Waals surface area contributed by atoms with Crippen molar-refractivity contribution in [3.8, 4) is 11.4 Å². The van der Waals surface area contributed by atoms with Crippen molar-refractivity contribution in [3.63, 3.8) is 0 Å². The number of amides is 1. The van der Waals surface area contributed by atoms with Crippen LogP contribution in [0.15, 0.2) is 41.2 Å². The Morgan fingerprint density at radius 1 is 1.28 bits per heavy atom. The molecule has 0 spiro atoms. The summed E-state index contributed by atoms with van der Waals surface area (Å²) in [5, 5.41) is 14.9. The minimum absolute atomic E-state index is 0.0141. The lowest BCUT2D eigenvalue weighted by Crippen LogP contribution is -2.41. The lowest BCUT2D eigenvalue weighted by atomic mass is 9.98. The number of rotatable bonds is 4. The normalized spacial score (nSPS) is 17.6. The summed E-state index contributed by atoms with van der Waals surface area (Å²) in [5.41, 5.74) is 0.917. The van der Waals surface area contributed by atoms with Crippen molar-refractivity contribution in [1.82, 2.24) is 35.2 Å². The average Bonchev–Trinajstić information content (AvgIpc) is 3.34. The molecule has 2 aromatic heterocycles. The van der Waals surface area contributed by atoms with Gasteiger partial charge >= 0.3 is 0 Å². The zero-order valence-electron chi connectivity index (χ0n) is 13.5. The summed E-state index contributed by atoms with van der Waals surface area (Å²) < 4.78 is 6.88. The van der Waals surface area contributed by atoms with Gasteiger partial charge in [0.1, 0.15) is 12.9 Å². The first kappa shape index (κ1) is 15.4. The number of tetrazole rings is 1. The van der Waals surface area contributed by atoms with E-state index in [0.29, 0.717) is 18.3 Å². The molecule has 1 fully saturated rings. The lowest BCUT2D eigenvalue weighted by molar-refractivity contribution is -0.133. The van der Waals surface area contributed by atoms with Crippen LogP contribution in [0.3, 0.4) is 0 Å². The summed E-state index contributed by atoms with van der Waals surface area (Å²) in [5.74, 6) is 1.20. The fourth-order valence-electron chi connectivity index (χ4n) is 3.00. The van der Waals surface area contributed by atoms with Gasteiger partial charge in [-0.1, -0.05) is 35.5 Å². The molecule has 0 radical (unpaired) electrons. The molecule has 1 saturated heterocycles. The molecular weight excluding hydrogens is 322 g/mol. The average molecular weight is 339 g/mol. The van der Waals surface area contributed by atoms with Gasteiger partial charge in [0.15, 0.2) is 0 Å². The van der Waals surface area contributed by atoms with E-state index in [2.05, 4.69) is 25.7 Å². The lowest BCUT2D eigenvalue weighted by Gasteiger charge is -2.30. The number of nitrogens with zero attached hydrogens (tertiary/aromatic N) is 7. The minimum Gasteiger partial charge on any atom is -0.340 e. The van der Waals surface area contributed by atoms with Crippen molar-refractivity contribution in [3.05, 3.63) is 42.5 Å². The van der Waals surface area contributed by atoms with Gasteiger partial charge in [0.2, 0.25) is 17.6 Å². The number of benzene rings is 1. The van der Waals surface area contributed by atoms with Crippen molar-refractivity contribution >= 4 is 5.91 Å². The summed E-state index contributed by atoms with van der Waals surface area (Å²) in [7, 11) is 0. The van der Waals surface area contributed by atoms with Crippen LogP contribution in [-0.2, 0) is 11.3 Å². The molecule has 9 heteroatoms. The molecule has 3 aromatic rings. The second kappa shape index (κ2) is 6.80. The third-order valence-electron chi connectivity index (χ3n) is 4.29. The van der Waals surface area contributed by atoms with Crippen LogP contribution in [0.5, 0.6) is 0 Å². The van der Waals surface area contributed by atoms with Gasteiger partial charge in [0.05, 0.1) is 5.92 Å². The number of carbonyl (C=O) groups is 1. The van der Waals surface area contributed by atoms with Crippen LogP contribution < -0.4 is 0 Å². The quantitative estimate of drug-likeness (QED) is 0.702. The second-order valence-electron chi connectivity index (χ2n) is 6.01. The van der Waals surface area contributed by atoms with Crippen molar-refractivity contribution in [2.75, 3.05) is 13.1 Å². The zero-order chi connectivity index (χ0) is 17.1. The predicted molar refractivity (Wildman–Crippen MR) is 86.1 cm³/mol. The molecule has 0 unspecified atom stereocenters. The highest BCUT2D eigenvalue weighted by Gasteiger charge is 2.28. The molecule has 4 rings (SSSR count). The fourth-order valence-corrected chi connectivity index (χ4v) is 3.00. The summed E-state index contributed by atoms with van der Waals surface area (Å²) in [6.07, 6.45) is 3.25. The monoisotopic (exact) mass is 339 g/mol. The van der Waals surface area contributed by atoms with Gasteiger partial charge in [-0.3, -0.25) is 4.79 Å². The van der Waals surface area contributed by atoms with Crippen molar-refractivity contribution in [1.29, 1.82) is 0 Å². The van der Waals surface area contributed by atoms with Gasteiger partial charge in [0, 0.05) is 18.7 Å². The van der Waals surface area contributed by atoms with E-state index < -0.39 is 0 Å². The fraction of sp³-hybridized carbons (Fsp3) is 0.375. The zero-order valence-corrected chi connectivity index (χ0v) is 13.5. The Morgan fingerprint density at radius 2 is 2.16 bits per heavy atom. The molecule has 0 N–H and O–H groups in total. The molecule has 1 amide bonds. The number of aromatic nitrogens is 6. The van der Waals surface area contributed by atoms with E-state index in [1.807, 2.05) is 35.2 Å². The Balaban J connectivity index is 1.44. The van der Waals surface area contributed by atoms with Gasteiger partial charge < -0.3 is 9.42 Å². The van der Waals surface area contributed by atoms with E-state index in [-0.39, 0.29) is 18.4 Å². The van der Waals surface area contributed by atoms with E-state index in [9.17, 15) is 4.79 Å². The van der Waals surface area contributed by atoms with Crippen molar-refractivity contribution in [2.24, 2.45) is 0 Å². The molecule has 1 aliphatic heterocycles. The molecule has 0 bridgehead atoms. The molecular formula is C16H17N7O2. The van der Waals surface area contributed by atoms with Gasteiger partial charge in [-0.05, 0) is 23.3 Å². The van der Waals surface area contributed by atoms with E-state index >= 15 is 0 Å². The molecule has 128 valence electrons. The Bertz CT molecular complexity index is 831. The number of likely N-dealkylation sites (tertiary alicyclic amines) is 1. The maximum Gasteiger partial charge on any atom is 0.244 e. The maximum absolute atomic E-state index is 12.4. The van der Waals surface area contributed by atoms with Crippen LogP contribution >= 0.6 is 0 Å². The van der Waals surface area contributed by atoms with Crippen LogP contribution in [0.1, 0.15) is 24.7 Å².